The molecule has 0 radical (unpaired) electrons. The molecule has 2 unspecified atom stereocenters. The van der Waals surface area contributed by atoms with Gasteiger partial charge in [0.2, 0.25) is 0 Å². The van der Waals surface area contributed by atoms with E-state index in [1.807, 2.05) is 18.3 Å². The monoisotopic (exact) mass is 430 g/mol. The molecular weight excluding hydrogens is 396 g/mol. The van der Waals surface area contributed by atoms with E-state index in [9.17, 15) is 5.11 Å². The fourth-order valence-electron chi connectivity index (χ4n) is 4.10. The number of rotatable bonds is 8. The zero-order chi connectivity index (χ0) is 21.7. The Labute approximate surface area is 183 Å². The standard InChI is InChI=1S/C22H34N6OS/c1-4-20-10-21(22(30-20)6-8-29)17-5-7-27(15(2)9-17)13-18(23)14-28(24)19-11-25-16(3)26-12-19/h10-12,14-15,17,29H,4-9,13,23-24H2,1-3H3/b18-14-. The third-order valence-electron chi connectivity index (χ3n) is 5.79. The third kappa shape index (κ3) is 5.57. The number of anilines is 1. The van der Waals surface area contributed by atoms with Crippen molar-refractivity contribution in [2.45, 2.75) is 58.4 Å². The van der Waals surface area contributed by atoms with Crippen LogP contribution in [0.1, 0.15) is 53.7 Å². The minimum absolute atomic E-state index is 0.216. The Bertz CT molecular complexity index is 850. The molecule has 0 saturated carbocycles. The Morgan fingerprint density at radius 3 is 2.77 bits per heavy atom. The highest BCUT2D eigenvalue weighted by molar-refractivity contribution is 7.12. The van der Waals surface area contributed by atoms with Gasteiger partial charge in [0.15, 0.2) is 0 Å². The van der Waals surface area contributed by atoms with E-state index >= 15 is 0 Å². The molecule has 2 aromatic rings. The number of piperidine rings is 1. The molecular formula is C22H34N6OS. The van der Waals surface area contributed by atoms with E-state index in [1.165, 1.54) is 20.3 Å². The summed E-state index contributed by atoms with van der Waals surface area (Å²) >= 11 is 1.86. The Balaban J connectivity index is 1.61. The first-order chi connectivity index (χ1) is 14.4. The van der Waals surface area contributed by atoms with Gasteiger partial charge in [0.25, 0.3) is 0 Å². The van der Waals surface area contributed by atoms with Crippen LogP contribution in [0.25, 0.3) is 0 Å². The van der Waals surface area contributed by atoms with Crippen molar-refractivity contribution in [3.63, 3.8) is 0 Å². The largest absolute Gasteiger partial charge is 0.400 e. The number of hydrazine groups is 1. The summed E-state index contributed by atoms with van der Waals surface area (Å²) in [6.45, 7) is 8.20. The number of thiophene rings is 1. The molecule has 1 aliphatic heterocycles. The van der Waals surface area contributed by atoms with Crippen LogP contribution in [0.15, 0.2) is 30.4 Å². The van der Waals surface area contributed by atoms with E-state index in [4.69, 9.17) is 11.6 Å². The maximum Gasteiger partial charge on any atom is 0.125 e. The molecule has 30 heavy (non-hydrogen) atoms. The molecule has 1 fully saturated rings. The lowest BCUT2D eigenvalue weighted by atomic mass is 9.85. The van der Waals surface area contributed by atoms with Gasteiger partial charge in [-0.25, -0.2) is 15.8 Å². The topological polar surface area (TPSA) is 105 Å². The van der Waals surface area contributed by atoms with E-state index in [1.54, 1.807) is 18.6 Å². The third-order valence-corrected chi connectivity index (χ3v) is 7.14. The first-order valence-corrected chi connectivity index (χ1v) is 11.5. The summed E-state index contributed by atoms with van der Waals surface area (Å²) in [5, 5.41) is 10.9. The van der Waals surface area contributed by atoms with Crippen LogP contribution in [0.5, 0.6) is 0 Å². The highest BCUT2D eigenvalue weighted by Gasteiger charge is 2.28. The number of hydrogen-bond donors (Lipinski definition) is 3. The van der Waals surface area contributed by atoms with Gasteiger partial charge >= 0.3 is 0 Å². The SMILES string of the molecule is CCc1cc(C2CCN(C/C(N)=C/N(N)c3cnc(C)nc3)C(C)C2)c(CCO)s1. The number of aryl methyl sites for hydroxylation is 2. The van der Waals surface area contributed by atoms with Crippen molar-refractivity contribution in [3.05, 3.63) is 51.5 Å². The van der Waals surface area contributed by atoms with E-state index in [0.29, 0.717) is 35.7 Å². The zero-order valence-electron chi connectivity index (χ0n) is 18.2. The Hall–Kier alpha value is -2.00. The van der Waals surface area contributed by atoms with Gasteiger partial charge < -0.3 is 10.8 Å². The zero-order valence-corrected chi connectivity index (χ0v) is 19.0. The highest BCUT2D eigenvalue weighted by Crippen LogP contribution is 2.37. The molecule has 0 aliphatic carbocycles. The van der Waals surface area contributed by atoms with Gasteiger partial charge in [-0.15, -0.1) is 11.3 Å². The van der Waals surface area contributed by atoms with Crippen LogP contribution in [-0.4, -0.2) is 45.7 Å². The summed E-state index contributed by atoms with van der Waals surface area (Å²) in [7, 11) is 0. The predicted octanol–water partition coefficient (Wildman–Crippen LogP) is 2.69. The van der Waals surface area contributed by atoms with Crippen LogP contribution >= 0.6 is 11.3 Å². The fourth-order valence-corrected chi connectivity index (χ4v) is 5.29. The maximum atomic E-state index is 9.44. The summed E-state index contributed by atoms with van der Waals surface area (Å²) in [5.74, 6) is 7.36. The van der Waals surface area contributed by atoms with Crippen LogP contribution < -0.4 is 16.6 Å². The summed E-state index contributed by atoms with van der Waals surface area (Å²) in [6, 6.07) is 2.80. The minimum atomic E-state index is 0.216. The lowest BCUT2D eigenvalue weighted by Gasteiger charge is -2.38. The number of nitrogens with zero attached hydrogens (tertiary/aromatic N) is 4. The highest BCUT2D eigenvalue weighted by atomic mass is 32.1. The number of nitrogens with two attached hydrogens (primary N) is 2. The molecule has 1 saturated heterocycles. The van der Waals surface area contributed by atoms with Crippen molar-refractivity contribution in [2.75, 3.05) is 24.7 Å². The van der Waals surface area contributed by atoms with Gasteiger partial charge in [-0.2, -0.15) is 0 Å². The summed E-state index contributed by atoms with van der Waals surface area (Å²) < 4.78 is 0. The molecule has 7 nitrogen and oxygen atoms in total. The molecule has 164 valence electrons. The summed E-state index contributed by atoms with van der Waals surface area (Å²) in [5.41, 5.74) is 9.17. The first-order valence-electron chi connectivity index (χ1n) is 10.7. The van der Waals surface area contributed by atoms with E-state index in [2.05, 4.69) is 34.8 Å². The van der Waals surface area contributed by atoms with Gasteiger partial charge in [0.05, 0.1) is 18.1 Å². The van der Waals surface area contributed by atoms with Gasteiger partial charge in [-0.1, -0.05) is 6.92 Å². The van der Waals surface area contributed by atoms with Gasteiger partial charge in [-0.05, 0) is 57.2 Å². The lowest BCUT2D eigenvalue weighted by molar-refractivity contribution is 0.158. The average molecular weight is 431 g/mol. The van der Waals surface area contributed by atoms with E-state index < -0.39 is 0 Å². The molecule has 1 aliphatic rings. The minimum Gasteiger partial charge on any atom is -0.400 e. The fraction of sp³-hybridized carbons (Fsp3) is 0.545. The van der Waals surface area contributed by atoms with Crippen LogP contribution in [0, 0.1) is 6.92 Å². The predicted molar refractivity (Wildman–Crippen MR) is 123 cm³/mol. The van der Waals surface area contributed by atoms with Crippen molar-refractivity contribution in [3.8, 4) is 0 Å². The normalized spacial score (nSPS) is 20.5. The summed E-state index contributed by atoms with van der Waals surface area (Å²) in [6.07, 6.45) is 9.15. The lowest BCUT2D eigenvalue weighted by Crippen LogP contribution is -2.42. The van der Waals surface area contributed by atoms with Gasteiger partial charge in [0.1, 0.15) is 5.82 Å². The van der Waals surface area contributed by atoms with Crippen molar-refractivity contribution in [2.24, 2.45) is 11.6 Å². The Morgan fingerprint density at radius 2 is 2.13 bits per heavy atom. The molecule has 8 heteroatoms. The Kier molecular flexibility index (Phi) is 7.82. The second-order valence-corrected chi connectivity index (χ2v) is 9.28. The molecule has 0 spiro atoms. The molecule has 3 rings (SSSR count). The number of aliphatic hydroxyl groups is 1. The molecule has 3 heterocycles. The molecule has 0 aromatic carbocycles. The smallest absolute Gasteiger partial charge is 0.125 e. The molecule has 2 atom stereocenters. The van der Waals surface area contributed by atoms with Crippen LogP contribution in [0.2, 0.25) is 0 Å². The summed E-state index contributed by atoms with van der Waals surface area (Å²) in [4.78, 5) is 13.5. The number of aromatic nitrogens is 2. The van der Waals surface area contributed by atoms with Crippen LogP contribution in [-0.2, 0) is 12.8 Å². The van der Waals surface area contributed by atoms with Gasteiger partial charge in [-0.3, -0.25) is 9.91 Å². The van der Waals surface area contributed by atoms with Crippen molar-refractivity contribution in [1.29, 1.82) is 0 Å². The van der Waals surface area contributed by atoms with Crippen molar-refractivity contribution < 1.29 is 5.11 Å². The van der Waals surface area contributed by atoms with Crippen LogP contribution in [0.3, 0.4) is 0 Å². The number of hydrogen-bond acceptors (Lipinski definition) is 8. The van der Waals surface area contributed by atoms with Crippen LogP contribution in [0.4, 0.5) is 5.69 Å². The van der Waals surface area contributed by atoms with Crippen molar-refractivity contribution >= 4 is 17.0 Å². The molecule has 5 N–H and O–H groups in total. The number of likely N-dealkylation sites (tertiary alicyclic amines) is 1. The van der Waals surface area contributed by atoms with Crippen molar-refractivity contribution in [1.82, 2.24) is 14.9 Å². The molecule has 2 aromatic heterocycles. The quantitative estimate of drug-likeness (QED) is 0.437. The first kappa shape index (κ1) is 22.7. The van der Waals surface area contributed by atoms with Gasteiger partial charge in [0, 0.05) is 47.3 Å². The van der Waals surface area contributed by atoms with E-state index in [-0.39, 0.29) is 6.61 Å². The average Bonchev–Trinajstić information content (AvgIpc) is 3.13. The van der Waals surface area contributed by atoms with E-state index in [0.717, 1.165) is 32.2 Å². The molecule has 0 amide bonds. The second kappa shape index (κ2) is 10.3. The maximum absolute atomic E-state index is 9.44. The molecule has 0 bridgehead atoms. The Morgan fingerprint density at radius 1 is 1.40 bits per heavy atom. The number of aliphatic hydroxyl groups excluding tert-OH is 1. The second-order valence-electron chi connectivity index (χ2n) is 8.06.